The van der Waals surface area contributed by atoms with Crippen LogP contribution in [-0.2, 0) is 4.79 Å². The Morgan fingerprint density at radius 2 is 2.00 bits per heavy atom. The molecule has 0 aromatic rings. The molecule has 0 spiro atoms. The number of hydrogen-bond donors (Lipinski definition) is 1. The summed E-state index contributed by atoms with van der Waals surface area (Å²) < 4.78 is 0. The maximum absolute atomic E-state index is 11.4. The molecule has 0 amide bonds. The van der Waals surface area contributed by atoms with Gasteiger partial charge >= 0.3 is 0 Å². The minimum absolute atomic E-state index is 0.414. The molecule has 12 heavy (non-hydrogen) atoms. The lowest BCUT2D eigenvalue weighted by Crippen LogP contribution is -2.32. The molecule has 68 valence electrons. The summed E-state index contributed by atoms with van der Waals surface area (Å²) in [6.45, 7) is 1.69. The largest absolute Gasteiger partial charge is 0.310 e. The van der Waals surface area contributed by atoms with E-state index in [0.29, 0.717) is 18.2 Å². The molecule has 2 saturated carbocycles. The van der Waals surface area contributed by atoms with Crippen molar-refractivity contribution in [3.05, 3.63) is 0 Å². The smallest absolute Gasteiger partial charge is 0.149 e. The predicted molar refractivity (Wildman–Crippen MR) is 47.9 cm³/mol. The lowest BCUT2D eigenvalue weighted by Gasteiger charge is -2.23. The molecule has 2 aliphatic rings. The van der Waals surface area contributed by atoms with Crippen molar-refractivity contribution < 1.29 is 4.79 Å². The fourth-order valence-electron chi connectivity index (χ4n) is 1.60. The Morgan fingerprint density at radius 1 is 1.25 bits per heavy atom. The quantitative estimate of drug-likeness (QED) is 0.669. The molecule has 2 rings (SSSR count). The van der Waals surface area contributed by atoms with Gasteiger partial charge in [-0.05, 0) is 38.1 Å². The molecule has 0 aromatic heterocycles. The molecule has 0 unspecified atom stereocenters. The van der Waals surface area contributed by atoms with E-state index >= 15 is 0 Å². The second-order valence-corrected chi connectivity index (χ2v) is 4.17. The van der Waals surface area contributed by atoms with Gasteiger partial charge in [0.15, 0.2) is 0 Å². The second-order valence-electron chi connectivity index (χ2n) is 4.17. The molecular formula is C10H17NO. The Morgan fingerprint density at radius 3 is 2.50 bits per heavy atom. The molecule has 0 heterocycles. The fourth-order valence-corrected chi connectivity index (χ4v) is 1.60. The molecule has 0 radical (unpaired) electrons. The number of carbonyl (C=O) groups is 1. The predicted octanol–water partition coefficient (Wildman–Crippen LogP) is 1.36. The summed E-state index contributed by atoms with van der Waals surface area (Å²) in [5.74, 6) is 1.75. The maximum Gasteiger partial charge on any atom is 0.149 e. The van der Waals surface area contributed by atoms with E-state index in [2.05, 4.69) is 5.32 Å². The van der Waals surface area contributed by atoms with Gasteiger partial charge in [-0.1, -0.05) is 6.42 Å². The molecule has 0 bridgehead atoms. The van der Waals surface area contributed by atoms with E-state index < -0.39 is 0 Å². The molecule has 2 nitrogen and oxygen atoms in total. The Kier molecular flexibility index (Phi) is 2.45. The molecular weight excluding hydrogens is 150 g/mol. The minimum Gasteiger partial charge on any atom is -0.310 e. The third-order valence-corrected chi connectivity index (χ3v) is 2.99. The van der Waals surface area contributed by atoms with Gasteiger partial charge in [-0.3, -0.25) is 4.79 Å². The number of nitrogens with one attached hydrogen (secondary N) is 1. The Balaban J connectivity index is 1.55. The third kappa shape index (κ3) is 2.07. The first-order chi connectivity index (χ1) is 5.86. The molecule has 0 aromatic carbocycles. The van der Waals surface area contributed by atoms with Crippen molar-refractivity contribution in [2.24, 2.45) is 11.8 Å². The average Bonchev–Trinajstić information content (AvgIpc) is 2.67. The summed E-state index contributed by atoms with van der Waals surface area (Å²) in [6.07, 6.45) is 6.28. The summed E-state index contributed by atoms with van der Waals surface area (Å²) in [5.41, 5.74) is 0. The zero-order chi connectivity index (χ0) is 8.39. The van der Waals surface area contributed by atoms with Crippen LogP contribution in [0.1, 0.15) is 32.1 Å². The number of rotatable bonds is 5. The molecule has 2 heteroatoms. The summed E-state index contributed by atoms with van der Waals surface area (Å²) in [7, 11) is 0. The van der Waals surface area contributed by atoms with Gasteiger partial charge in [0.25, 0.3) is 0 Å². The number of hydrogen-bond acceptors (Lipinski definition) is 2. The molecule has 2 aliphatic carbocycles. The highest BCUT2D eigenvalue weighted by atomic mass is 16.1. The van der Waals surface area contributed by atoms with E-state index in [1.165, 1.54) is 19.3 Å². The van der Waals surface area contributed by atoms with Gasteiger partial charge in [-0.2, -0.15) is 0 Å². The maximum atomic E-state index is 11.4. The summed E-state index contributed by atoms with van der Waals surface area (Å²) in [5, 5.41) is 3.25. The van der Waals surface area contributed by atoms with Crippen LogP contribution in [0.5, 0.6) is 0 Å². The van der Waals surface area contributed by atoms with E-state index in [0.717, 1.165) is 25.3 Å². The normalized spacial score (nSPS) is 23.7. The van der Waals surface area contributed by atoms with Crippen LogP contribution in [0.3, 0.4) is 0 Å². The van der Waals surface area contributed by atoms with Crippen LogP contribution in [0.2, 0.25) is 0 Å². The summed E-state index contributed by atoms with van der Waals surface area (Å²) in [6, 6.07) is 0. The summed E-state index contributed by atoms with van der Waals surface area (Å²) in [4.78, 5) is 11.4. The van der Waals surface area contributed by atoms with Gasteiger partial charge in [0, 0.05) is 5.92 Å². The molecule has 0 saturated heterocycles. The van der Waals surface area contributed by atoms with Crippen molar-refractivity contribution in [2.45, 2.75) is 32.1 Å². The van der Waals surface area contributed by atoms with Crippen LogP contribution in [0.4, 0.5) is 0 Å². The van der Waals surface area contributed by atoms with Crippen LogP contribution in [-0.4, -0.2) is 18.9 Å². The first-order valence-electron chi connectivity index (χ1n) is 5.09. The van der Waals surface area contributed by atoms with Crippen LogP contribution in [0, 0.1) is 11.8 Å². The van der Waals surface area contributed by atoms with Gasteiger partial charge in [-0.15, -0.1) is 0 Å². The fraction of sp³-hybridized carbons (Fsp3) is 0.900. The van der Waals surface area contributed by atoms with Crippen LogP contribution in [0.25, 0.3) is 0 Å². The van der Waals surface area contributed by atoms with Gasteiger partial charge in [0.05, 0.1) is 6.54 Å². The zero-order valence-corrected chi connectivity index (χ0v) is 7.51. The van der Waals surface area contributed by atoms with Gasteiger partial charge in [0.1, 0.15) is 5.78 Å². The highest BCUT2D eigenvalue weighted by molar-refractivity contribution is 5.83. The van der Waals surface area contributed by atoms with Crippen molar-refractivity contribution >= 4 is 5.78 Å². The van der Waals surface area contributed by atoms with Crippen molar-refractivity contribution in [3.8, 4) is 0 Å². The molecule has 0 atom stereocenters. The van der Waals surface area contributed by atoms with Gasteiger partial charge in [0.2, 0.25) is 0 Å². The van der Waals surface area contributed by atoms with Crippen molar-refractivity contribution in [1.82, 2.24) is 5.32 Å². The van der Waals surface area contributed by atoms with E-state index in [1.54, 1.807) is 0 Å². The van der Waals surface area contributed by atoms with Gasteiger partial charge < -0.3 is 5.32 Å². The van der Waals surface area contributed by atoms with Crippen LogP contribution in [0.15, 0.2) is 0 Å². The van der Waals surface area contributed by atoms with E-state index in [1.807, 2.05) is 0 Å². The van der Waals surface area contributed by atoms with E-state index in [-0.39, 0.29) is 0 Å². The second kappa shape index (κ2) is 3.56. The minimum atomic E-state index is 0.414. The first-order valence-corrected chi connectivity index (χ1v) is 5.09. The standard InChI is InChI=1S/C10H17NO/c12-10(9-2-1-3-9)7-11-6-8-4-5-8/h8-9,11H,1-7H2. The van der Waals surface area contributed by atoms with E-state index in [9.17, 15) is 4.79 Å². The SMILES string of the molecule is O=C(CNCC1CC1)C1CCC1. The number of ketones is 1. The van der Waals surface area contributed by atoms with Crippen LogP contribution >= 0.6 is 0 Å². The number of carbonyl (C=O) groups excluding carboxylic acids is 1. The highest BCUT2D eigenvalue weighted by Gasteiger charge is 2.25. The molecule has 0 aliphatic heterocycles. The third-order valence-electron chi connectivity index (χ3n) is 2.99. The number of Topliss-reactive ketones (excluding diaryl/α,β-unsaturated/α-hetero) is 1. The Bertz CT molecular complexity index is 171. The highest BCUT2D eigenvalue weighted by Crippen LogP contribution is 2.28. The Hall–Kier alpha value is -0.370. The van der Waals surface area contributed by atoms with Gasteiger partial charge in [-0.25, -0.2) is 0 Å². The molecule has 2 fully saturated rings. The Labute approximate surface area is 73.7 Å². The average molecular weight is 167 g/mol. The summed E-state index contributed by atoms with van der Waals surface area (Å²) >= 11 is 0. The first kappa shape index (κ1) is 8.24. The molecule has 1 N–H and O–H groups in total. The van der Waals surface area contributed by atoms with E-state index in [4.69, 9.17) is 0 Å². The van der Waals surface area contributed by atoms with Crippen molar-refractivity contribution in [1.29, 1.82) is 0 Å². The van der Waals surface area contributed by atoms with Crippen molar-refractivity contribution in [3.63, 3.8) is 0 Å². The lowest BCUT2D eigenvalue weighted by atomic mass is 9.82. The lowest BCUT2D eigenvalue weighted by molar-refractivity contribution is -0.124. The zero-order valence-electron chi connectivity index (χ0n) is 7.51. The topological polar surface area (TPSA) is 29.1 Å². The van der Waals surface area contributed by atoms with Crippen LogP contribution < -0.4 is 5.32 Å². The van der Waals surface area contributed by atoms with Crippen molar-refractivity contribution in [2.75, 3.05) is 13.1 Å². The monoisotopic (exact) mass is 167 g/mol.